The summed E-state index contributed by atoms with van der Waals surface area (Å²) in [5.41, 5.74) is -2.69. The fourth-order valence-corrected chi connectivity index (χ4v) is 18.5. The van der Waals surface area contributed by atoms with Crippen LogP contribution in [0, 0.1) is 70.0 Å². The van der Waals surface area contributed by atoms with Gasteiger partial charge in [-0.25, -0.2) is 4.79 Å². The van der Waals surface area contributed by atoms with Crippen LogP contribution in [0.2, 0.25) is 0 Å². The maximum absolute atomic E-state index is 15.9. The van der Waals surface area contributed by atoms with E-state index in [1.807, 2.05) is 68.4 Å². The molecular weight excluding hydrogens is 1580 g/mol. The first-order chi connectivity index (χ1) is 56.7. The molecule has 5 aliphatic rings. The zero-order valence-electron chi connectivity index (χ0n) is 77.1. The number of ether oxygens (including phenoxy) is 4. The van der Waals surface area contributed by atoms with Crippen molar-refractivity contribution in [2.75, 3.05) is 69.3 Å². The average molecular weight is 1720 g/mol. The van der Waals surface area contributed by atoms with Gasteiger partial charge in [0.05, 0.1) is 25.5 Å². The normalized spacial score (nSPS) is 30.4. The second kappa shape index (κ2) is 44.5. The van der Waals surface area contributed by atoms with Crippen molar-refractivity contribution in [1.29, 1.82) is 0 Å². The number of rotatable bonds is 24. The predicted octanol–water partition coefficient (Wildman–Crippen LogP) is 5.83. The lowest BCUT2D eigenvalue weighted by atomic mass is 9.46. The number of aliphatic hydroxyl groups is 2. The molecule has 33 nitrogen and oxygen atoms in total. The topological polar surface area (TPSA) is 421 Å². The fraction of sp³-hybridized carbons (Fsp3) is 0.753. The standard InChI is InChI=1S/C89H143N11O22/c1-27-29-30-54(15)75(122-86(117)121-47-120-70(106)34-33-69(105)119-46-67(103)89(118)38-36-60-59-32-31-57-43-58(101)35-37-87(57,18)71(59)66(102)44-88(60,89)19)74-79(110)92-61(28-2)81(112)94(20)45-68(104)95(21)62(39-48(3)4)78(109)93-72(52(11)12)84(115)96(22)63(40-49(5)6)77(108)90-55(16)76(107)91-56(17)80(111)97(23)64(41-50(7)8)82(113)98(24)65(42-51(9)10)83(114)99(25)73(53(13)14)85(116)100(74)26/h27,29,35,37,43,48-56,59-66,71-75,102,118H,28,30-34,36,38-42,44-47H2,1-26H3,(H,90,108)(H,91,107)(H,92,110)(H,93,109)/b29-27+/t54-,55?,56?,59?,60?,61?,62+,63?,64?,65?,66+,71?,72?,73?,74?,75?,87+,88+,89+/m1/s1. The van der Waals surface area contributed by atoms with Crippen LogP contribution in [0.3, 0.4) is 0 Å². The van der Waals surface area contributed by atoms with Crippen LogP contribution in [0.4, 0.5) is 4.79 Å². The molecule has 0 bridgehead atoms. The third kappa shape index (κ3) is 24.9. The molecule has 686 valence electrons. The number of carbonyl (C=O) groups excluding carboxylic acids is 16. The molecule has 1 saturated heterocycles. The number of allylic oxidation sites excluding steroid dienone is 6. The van der Waals surface area contributed by atoms with Crippen LogP contribution < -0.4 is 21.3 Å². The van der Waals surface area contributed by atoms with E-state index in [-0.39, 0.29) is 98.6 Å². The zero-order chi connectivity index (χ0) is 92.6. The summed E-state index contributed by atoms with van der Waals surface area (Å²) >= 11 is 0. The number of hydrogen-bond acceptors (Lipinski definition) is 22. The van der Waals surface area contributed by atoms with Crippen molar-refractivity contribution in [2.24, 2.45) is 70.0 Å². The second-order valence-corrected chi connectivity index (χ2v) is 37.4. The third-order valence-corrected chi connectivity index (χ3v) is 25.7. The highest BCUT2D eigenvalue weighted by Gasteiger charge is 2.68. The number of hydrogen-bond donors (Lipinski definition) is 6. The Bertz CT molecular complexity index is 3890. The number of esters is 2. The van der Waals surface area contributed by atoms with E-state index in [2.05, 4.69) is 21.3 Å². The lowest BCUT2D eigenvalue weighted by Crippen LogP contribution is -2.64. The van der Waals surface area contributed by atoms with Crippen molar-refractivity contribution >= 4 is 94.6 Å². The average Bonchev–Trinajstić information content (AvgIpc) is 1.49. The van der Waals surface area contributed by atoms with E-state index in [1.54, 1.807) is 73.6 Å². The second-order valence-electron chi connectivity index (χ2n) is 37.4. The minimum Gasteiger partial charge on any atom is -0.458 e. The SMILES string of the molecule is C/C=C/C[C@@H](C)C(OC(=O)OCOC(=O)CCC(=O)OCC(=O)[C@@]1(O)CCC2C3CCC4=CC(=O)C=C[C@]4(C)C3[C@@H](O)C[C@@]21C)C1C(=O)NC(CC)C(=O)N(C)CC(=O)N(C)[C@@H](CC(C)C)C(=O)NC(C(C)C)C(=O)N(C)C(CC(C)C)C(=O)NC(C)C(=O)NC(C)C(=O)N(C)C(CC(C)C)C(=O)N(C)C(CC(C)C)C(=O)N(C)C(C(C)C)C(=O)N1C. The van der Waals surface area contributed by atoms with Gasteiger partial charge in [0.15, 0.2) is 12.4 Å². The van der Waals surface area contributed by atoms with Gasteiger partial charge in [-0.05, 0) is 157 Å². The third-order valence-electron chi connectivity index (χ3n) is 25.7. The quantitative estimate of drug-likeness (QED) is 0.0286. The van der Waals surface area contributed by atoms with Gasteiger partial charge in [0, 0.05) is 66.1 Å². The van der Waals surface area contributed by atoms with E-state index in [9.17, 15) is 67.7 Å². The zero-order valence-corrected chi connectivity index (χ0v) is 77.1. The molecular formula is C89H143N11O22. The Kier molecular flexibility index (Phi) is 37.7. The molecule has 13 unspecified atom stereocenters. The smallest absolute Gasteiger partial charge is 0.458 e. The van der Waals surface area contributed by atoms with E-state index in [0.29, 0.717) is 19.3 Å². The van der Waals surface area contributed by atoms with Gasteiger partial charge in [-0.2, -0.15) is 0 Å². The van der Waals surface area contributed by atoms with Crippen molar-refractivity contribution < 1.29 is 106 Å². The number of nitrogens with one attached hydrogen (secondary N) is 4. The van der Waals surface area contributed by atoms with Crippen molar-refractivity contribution in [3.05, 3.63) is 36.0 Å². The predicted molar refractivity (Wildman–Crippen MR) is 453 cm³/mol. The molecule has 0 aromatic heterocycles. The first-order valence-electron chi connectivity index (χ1n) is 43.4. The van der Waals surface area contributed by atoms with Gasteiger partial charge in [0.25, 0.3) is 0 Å². The molecule has 0 aromatic carbocycles. The first kappa shape index (κ1) is 103. The first-order valence-corrected chi connectivity index (χ1v) is 43.4. The molecule has 122 heavy (non-hydrogen) atoms. The molecule has 0 radical (unpaired) electrons. The van der Waals surface area contributed by atoms with E-state index >= 15 is 19.2 Å². The van der Waals surface area contributed by atoms with Crippen LogP contribution in [0.25, 0.3) is 0 Å². The molecule has 1 aliphatic heterocycles. The largest absolute Gasteiger partial charge is 0.511 e. The van der Waals surface area contributed by atoms with Crippen molar-refractivity contribution in [3.8, 4) is 0 Å². The van der Waals surface area contributed by atoms with Crippen LogP contribution in [0.15, 0.2) is 36.0 Å². The summed E-state index contributed by atoms with van der Waals surface area (Å²) in [6, 6.07) is -13.7. The Morgan fingerprint density at radius 3 is 1.62 bits per heavy atom. The summed E-state index contributed by atoms with van der Waals surface area (Å²) < 4.78 is 21.9. The van der Waals surface area contributed by atoms with Gasteiger partial charge < -0.3 is 84.7 Å². The maximum atomic E-state index is 15.9. The summed E-state index contributed by atoms with van der Waals surface area (Å²) in [4.78, 5) is 240. The number of amides is 11. The van der Waals surface area contributed by atoms with Crippen LogP contribution in [-0.2, 0) is 90.9 Å². The van der Waals surface area contributed by atoms with Gasteiger partial charge in [0.1, 0.15) is 72.1 Å². The molecule has 1 heterocycles. The molecule has 33 heteroatoms. The van der Waals surface area contributed by atoms with E-state index in [1.165, 1.54) is 84.0 Å². The summed E-state index contributed by atoms with van der Waals surface area (Å²) in [6.45, 7) is 30.1. The van der Waals surface area contributed by atoms with E-state index < -0.39 is 228 Å². The molecule has 11 amide bonds. The summed E-state index contributed by atoms with van der Waals surface area (Å²) in [7, 11) is 9.45. The molecule has 0 spiro atoms. The number of fused-ring (bicyclic) bond motifs is 5. The highest BCUT2D eigenvalue weighted by molar-refractivity contribution is 6.02. The molecule has 0 aromatic rings. The summed E-state index contributed by atoms with van der Waals surface area (Å²) in [5.74, 6) is -15.3. The maximum Gasteiger partial charge on any atom is 0.511 e. The number of aliphatic hydroxyl groups excluding tert-OH is 1. The van der Waals surface area contributed by atoms with Gasteiger partial charge >= 0.3 is 18.1 Å². The molecule has 5 rings (SSSR count). The monoisotopic (exact) mass is 1720 g/mol. The van der Waals surface area contributed by atoms with E-state index in [0.717, 1.165) is 25.2 Å². The number of carbonyl (C=O) groups is 16. The van der Waals surface area contributed by atoms with Crippen LogP contribution in [0.1, 0.15) is 215 Å². The minimum absolute atomic E-state index is 0.0279. The number of likely N-dealkylation sites (N-methyl/N-ethyl adjacent to an activating group) is 7. The molecule has 3 saturated carbocycles. The van der Waals surface area contributed by atoms with Crippen molar-refractivity contribution in [2.45, 2.75) is 293 Å². The van der Waals surface area contributed by atoms with Crippen LogP contribution in [-0.4, -0.2) is 287 Å². The number of ketones is 2. The summed E-state index contributed by atoms with van der Waals surface area (Å²) in [6.07, 6.45) is 4.98. The van der Waals surface area contributed by atoms with E-state index in [4.69, 9.17) is 18.9 Å². The molecule has 4 aliphatic carbocycles. The van der Waals surface area contributed by atoms with Crippen molar-refractivity contribution in [1.82, 2.24) is 55.6 Å². The van der Waals surface area contributed by atoms with Crippen LogP contribution in [0.5, 0.6) is 0 Å². The van der Waals surface area contributed by atoms with Gasteiger partial charge in [0.2, 0.25) is 77.6 Å². The highest BCUT2D eigenvalue weighted by atomic mass is 16.8. The number of nitrogens with zero attached hydrogens (tertiary/aromatic N) is 7. The van der Waals surface area contributed by atoms with Gasteiger partial charge in [-0.15, -0.1) is 0 Å². The Hall–Kier alpha value is -9.14. The van der Waals surface area contributed by atoms with Gasteiger partial charge in [-0.1, -0.05) is 135 Å². The van der Waals surface area contributed by atoms with Crippen LogP contribution >= 0.6 is 0 Å². The van der Waals surface area contributed by atoms with Crippen molar-refractivity contribution in [3.63, 3.8) is 0 Å². The molecule has 6 N–H and O–H groups in total. The number of Topliss-reactive ketones (excluding diaryl/α,β-unsaturated/α-hetero) is 1. The lowest BCUT2D eigenvalue weighted by Gasteiger charge is -2.59. The minimum atomic E-state index is -1.97. The summed E-state index contributed by atoms with van der Waals surface area (Å²) in [5, 5.41) is 35.0. The Balaban J connectivity index is 1.51. The Morgan fingerprint density at radius 2 is 1.08 bits per heavy atom. The fourth-order valence-electron chi connectivity index (χ4n) is 18.5. The Labute approximate surface area is 721 Å². The molecule has 4 fully saturated rings. The molecule has 19 atom stereocenters. The Morgan fingerprint density at radius 1 is 0.574 bits per heavy atom. The lowest BCUT2D eigenvalue weighted by molar-refractivity contribution is -0.181. The van der Waals surface area contributed by atoms with Gasteiger partial charge in [-0.3, -0.25) is 71.9 Å². The highest BCUT2D eigenvalue weighted by Crippen LogP contribution is 2.67.